The van der Waals surface area contributed by atoms with Crippen LogP contribution in [0.4, 0.5) is 11.7 Å². The van der Waals surface area contributed by atoms with Crippen molar-refractivity contribution in [2.24, 2.45) is 0 Å². The summed E-state index contributed by atoms with van der Waals surface area (Å²) in [5.74, 6) is -0.364. The number of thiazole rings is 1. The van der Waals surface area contributed by atoms with Crippen LogP contribution in [0, 0.1) is 0 Å². The standard InChI is InChI=1S/C14H12N4O2S2/c1-21-11-3-2-8(12-5-16-7-22-12)4-9(11)17-13(19)10-6-20-14(15)18-10/h2-7H,1H3,(H2,15,18)(H,17,19). The Labute approximate surface area is 134 Å². The minimum atomic E-state index is -0.364. The average Bonchev–Trinajstić information content (AvgIpc) is 3.18. The van der Waals surface area contributed by atoms with Gasteiger partial charge in [-0.2, -0.15) is 4.98 Å². The molecule has 1 amide bonds. The fraction of sp³-hybridized carbons (Fsp3) is 0.0714. The molecule has 0 fully saturated rings. The SMILES string of the molecule is CSc1ccc(-c2cncs2)cc1NC(=O)c1coc(N)n1. The molecule has 8 heteroatoms. The smallest absolute Gasteiger partial charge is 0.292 e. The molecule has 6 nitrogen and oxygen atoms in total. The van der Waals surface area contributed by atoms with Gasteiger partial charge in [-0.3, -0.25) is 9.78 Å². The summed E-state index contributed by atoms with van der Waals surface area (Å²) in [5.41, 5.74) is 9.01. The van der Waals surface area contributed by atoms with Crippen molar-refractivity contribution in [3.05, 3.63) is 41.9 Å². The summed E-state index contributed by atoms with van der Waals surface area (Å²) >= 11 is 3.09. The van der Waals surface area contributed by atoms with E-state index < -0.39 is 0 Å². The number of oxazole rings is 1. The highest BCUT2D eigenvalue weighted by atomic mass is 32.2. The van der Waals surface area contributed by atoms with Gasteiger partial charge in [0.2, 0.25) is 0 Å². The highest BCUT2D eigenvalue weighted by molar-refractivity contribution is 7.98. The summed E-state index contributed by atoms with van der Waals surface area (Å²) in [6, 6.07) is 5.85. The van der Waals surface area contributed by atoms with E-state index in [2.05, 4.69) is 15.3 Å². The van der Waals surface area contributed by atoms with Gasteiger partial charge in [-0.15, -0.1) is 23.1 Å². The van der Waals surface area contributed by atoms with Gasteiger partial charge in [0.05, 0.1) is 16.1 Å². The van der Waals surface area contributed by atoms with E-state index in [4.69, 9.17) is 10.2 Å². The van der Waals surface area contributed by atoms with Gasteiger partial charge >= 0.3 is 0 Å². The second-order valence-corrected chi connectivity index (χ2v) is 6.04. The van der Waals surface area contributed by atoms with Gasteiger partial charge in [0.1, 0.15) is 6.26 Å². The van der Waals surface area contributed by atoms with Crippen LogP contribution in [0.15, 0.2) is 45.5 Å². The molecule has 0 radical (unpaired) electrons. The van der Waals surface area contributed by atoms with Gasteiger partial charge < -0.3 is 15.5 Å². The predicted molar refractivity (Wildman–Crippen MR) is 88.2 cm³/mol. The molecule has 0 aliphatic rings. The van der Waals surface area contributed by atoms with E-state index in [1.165, 1.54) is 6.26 Å². The van der Waals surface area contributed by atoms with Crippen LogP contribution in [0.2, 0.25) is 0 Å². The highest BCUT2D eigenvalue weighted by Crippen LogP contribution is 2.32. The van der Waals surface area contributed by atoms with E-state index in [1.807, 2.05) is 24.5 Å². The third-order valence-corrected chi connectivity index (χ3v) is 4.54. The number of hydrogen-bond acceptors (Lipinski definition) is 7. The summed E-state index contributed by atoms with van der Waals surface area (Å²) in [6.07, 6.45) is 4.98. The monoisotopic (exact) mass is 332 g/mol. The summed E-state index contributed by atoms with van der Waals surface area (Å²) < 4.78 is 4.86. The third kappa shape index (κ3) is 2.97. The van der Waals surface area contributed by atoms with E-state index >= 15 is 0 Å². The molecule has 2 heterocycles. The minimum Gasteiger partial charge on any atom is -0.431 e. The number of amides is 1. The lowest BCUT2D eigenvalue weighted by atomic mass is 10.2. The van der Waals surface area contributed by atoms with Crippen molar-refractivity contribution >= 4 is 40.7 Å². The minimum absolute atomic E-state index is 0.0337. The molecule has 0 aliphatic heterocycles. The number of hydrogen-bond donors (Lipinski definition) is 2. The zero-order valence-electron chi connectivity index (χ0n) is 11.6. The van der Waals surface area contributed by atoms with Crippen LogP contribution in [0.25, 0.3) is 10.4 Å². The molecule has 0 spiro atoms. The van der Waals surface area contributed by atoms with E-state index in [0.717, 1.165) is 15.3 Å². The van der Waals surface area contributed by atoms with Crippen LogP contribution in [0.5, 0.6) is 0 Å². The number of nitrogens with zero attached hydrogens (tertiary/aromatic N) is 2. The van der Waals surface area contributed by atoms with Crippen molar-refractivity contribution < 1.29 is 9.21 Å². The Morgan fingerprint density at radius 1 is 1.45 bits per heavy atom. The van der Waals surface area contributed by atoms with Gasteiger partial charge in [0.25, 0.3) is 11.9 Å². The highest BCUT2D eigenvalue weighted by Gasteiger charge is 2.14. The maximum atomic E-state index is 12.2. The number of aromatic nitrogens is 2. The fourth-order valence-electron chi connectivity index (χ4n) is 1.90. The second-order valence-electron chi connectivity index (χ2n) is 4.31. The number of anilines is 2. The molecule has 0 saturated carbocycles. The normalized spacial score (nSPS) is 10.6. The molecule has 0 atom stereocenters. The predicted octanol–water partition coefficient (Wildman–Crippen LogP) is 3.35. The Kier molecular flexibility index (Phi) is 4.12. The van der Waals surface area contributed by atoms with Crippen LogP contribution in [0.1, 0.15) is 10.5 Å². The molecule has 0 bridgehead atoms. The Hall–Kier alpha value is -2.32. The van der Waals surface area contributed by atoms with Crippen LogP contribution in [0.3, 0.4) is 0 Å². The van der Waals surface area contributed by atoms with Gasteiger partial charge in [-0.1, -0.05) is 6.07 Å². The number of nitrogens with one attached hydrogen (secondary N) is 1. The molecule has 0 saturated heterocycles. The van der Waals surface area contributed by atoms with Crippen LogP contribution < -0.4 is 11.1 Å². The molecule has 3 N–H and O–H groups in total. The zero-order chi connectivity index (χ0) is 15.5. The molecule has 0 unspecified atom stereocenters. The number of nitrogen functional groups attached to an aromatic ring is 1. The van der Waals surface area contributed by atoms with E-state index in [9.17, 15) is 4.79 Å². The van der Waals surface area contributed by atoms with Crippen molar-refractivity contribution in [3.63, 3.8) is 0 Å². The van der Waals surface area contributed by atoms with Gasteiger partial charge in [-0.25, -0.2) is 0 Å². The molecular formula is C14H12N4O2S2. The molecular weight excluding hydrogens is 320 g/mol. The fourth-order valence-corrected chi connectivity index (χ4v) is 3.05. The van der Waals surface area contributed by atoms with Gasteiger partial charge in [0.15, 0.2) is 5.69 Å². The third-order valence-electron chi connectivity index (χ3n) is 2.92. The van der Waals surface area contributed by atoms with E-state index in [0.29, 0.717) is 5.69 Å². The quantitative estimate of drug-likeness (QED) is 0.712. The van der Waals surface area contributed by atoms with E-state index in [-0.39, 0.29) is 17.6 Å². The van der Waals surface area contributed by atoms with Crippen molar-refractivity contribution in [1.29, 1.82) is 0 Å². The Morgan fingerprint density at radius 3 is 2.95 bits per heavy atom. The van der Waals surface area contributed by atoms with Gasteiger partial charge in [-0.05, 0) is 24.0 Å². The first-order valence-corrected chi connectivity index (χ1v) is 8.37. The number of benzene rings is 1. The Bertz CT molecular complexity index is 799. The first kappa shape index (κ1) is 14.6. The Balaban J connectivity index is 1.91. The van der Waals surface area contributed by atoms with Crippen molar-refractivity contribution in [3.8, 4) is 10.4 Å². The molecule has 22 heavy (non-hydrogen) atoms. The first-order valence-electron chi connectivity index (χ1n) is 6.26. The van der Waals surface area contributed by atoms with Crippen LogP contribution in [-0.4, -0.2) is 22.1 Å². The molecule has 1 aromatic carbocycles. The summed E-state index contributed by atoms with van der Waals surface area (Å²) in [4.78, 5) is 22.1. The van der Waals surface area contributed by atoms with Crippen LogP contribution in [-0.2, 0) is 0 Å². The number of nitrogens with two attached hydrogens (primary N) is 1. The largest absolute Gasteiger partial charge is 0.431 e. The second kappa shape index (κ2) is 6.20. The Morgan fingerprint density at radius 2 is 2.32 bits per heavy atom. The average molecular weight is 332 g/mol. The lowest BCUT2D eigenvalue weighted by molar-refractivity contribution is 0.102. The lowest BCUT2D eigenvalue weighted by Crippen LogP contribution is -2.13. The number of thioether (sulfide) groups is 1. The number of carbonyl (C=O) groups is 1. The van der Waals surface area contributed by atoms with Gasteiger partial charge in [0, 0.05) is 11.1 Å². The first-order chi connectivity index (χ1) is 10.7. The number of rotatable bonds is 4. The molecule has 3 aromatic rings. The lowest BCUT2D eigenvalue weighted by Gasteiger charge is -2.10. The summed E-state index contributed by atoms with van der Waals surface area (Å²) in [5, 5.41) is 2.84. The maximum absolute atomic E-state index is 12.2. The number of carbonyl (C=O) groups excluding carboxylic acids is 1. The topological polar surface area (TPSA) is 94.0 Å². The molecule has 3 rings (SSSR count). The molecule has 0 aliphatic carbocycles. The van der Waals surface area contributed by atoms with Crippen molar-refractivity contribution in [2.75, 3.05) is 17.3 Å². The van der Waals surface area contributed by atoms with E-state index in [1.54, 1.807) is 34.8 Å². The molecule has 112 valence electrons. The van der Waals surface area contributed by atoms with Crippen molar-refractivity contribution in [2.45, 2.75) is 4.90 Å². The zero-order valence-corrected chi connectivity index (χ0v) is 13.2. The molecule has 2 aromatic heterocycles. The summed E-state index contributed by atoms with van der Waals surface area (Å²) in [7, 11) is 0. The van der Waals surface area contributed by atoms with Crippen LogP contribution >= 0.6 is 23.1 Å². The van der Waals surface area contributed by atoms with Crippen molar-refractivity contribution in [1.82, 2.24) is 9.97 Å². The maximum Gasteiger partial charge on any atom is 0.292 e. The summed E-state index contributed by atoms with van der Waals surface area (Å²) in [6.45, 7) is 0.